The summed E-state index contributed by atoms with van der Waals surface area (Å²) in [6.45, 7) is 2.10. The highest BCUT2D eigenvalue weighted by Gasteiger charge is 2.08. The highest BCUT2D eigenvalue weighted by Crippen LogP contribution is 2.09. The molecule has 5 nitrogen and oxygen atoms in total. The van der Waals surface area contributed by atoms with Crippen LogP contribution in [-0.4, -0.2) is 10.9 Å². The lowest BCUT2D eigenvalue weighted by Gasteiger charge is -2.08. The van der Waals surface area contributed by atoms with Crippen LogP contribution in [0.1, 0.15) is 21.6 Å². The van der Waals surface area contributed by atoms with Crippen LogP contribution in [-0.2, 0) is 6.54 Å². The van der Waals surface area contributed by atoms with E-state index in [9.17, 15) is 9.18 Å². The van der Waals surface area contributed by atoms with Gasteiger partial charge in [0.05, 0.1) is 0 Å². The molecule has 1 aromatic carbocycles. The number of nitrogen functional groups attached to an aromatic ring is 1. The number of rotatable bonds is 4. The largest absolute Gasteiger partial charge is 0.348 e. The molecule has 1 heterocycles. The number of carbonyl (C=O) groups excluding carboxylic acids is 1. The Morgan fingerprint density at radius 1 is 1.30 bits per heavy atom. The summed E-state index contributed by atoms with van der Waals surface area (Å²) in [6.07, 6.45) is 0. The van der Waals surface area contributed by atoms with Gasteiger partial charge in [-0.3, -0.25) is 4.79 Å². The molecule has 0 aliphatic heterocycles. The SMILES string of the molecule is Cc1cc(C(=O)NCc2ccc(F)cc2)cc(NN)n1. The molecule has 2 aromatic rings. The number of halogens is 1. The van der Waals surface area contributed by atoms with Crippen molar-refractivity contribution in [2.24, 2.45) is 5.84 Å². The second kappa shape index (κ2) is 6.12. The van der Waals surface area contributed by atoms with E-state index in [1.165, 1.54) is 12.1 Å². The Morgan fingerprint density at radius 2 is 2.00 bits per heavy atom. The third kappa shape index (κ3) is 3.52. The van der Waals surface area contributed by atoms with Crippen molar-refractivity contribution >= 4 is 11.7 Å². The van der Waals surface area contributed by atoms with Gasteiger partial charge in [-0.15, -0.1) is 0 Å². The Bertz CT molecular complexity index is 613. The molecule has 0 spiro atoms. The number of aromatic nitrogens is 1. The van der Waals surface area contributed by atoms with Crippen LogP contribution < -0.4 is 16.6 Å². The molecule has 0 radical (unpaired) electrons. The summed E-state index contributed by atoms with van der Waals surface area (Å²) in [5.74, 6) is 5.17. The predicted molar refractivity (Wildman–Crippen MR) is 74.4 cm³/mol. The molecular weight excluding hydrogens is 259 g/mol. The third-order valence-electron chi connectivity index (χ3n) is 2.73. The first-order valence-corrected chi connectivity index (χ1v) is 6.06. The van der Waals surface area contributed by atoms with Gasteiger partial charge in [-0.2, -0.15) is 0 Å². The van der Waals surface area contributed by atoms with Crippen molar-refractivity contribution in [1.82, 2.24) is 10.3 Å². The lowest BCUT2D eigenvalue weighted by Crippen LogP contribution is -2.23. The minimum Gasteiger partial charge on any atom is -0.348 e. The smallest absolute Gasteiger partial charge is 0.251 e. The van der Waals surface area contributed by atoms with E-state index in [0.717, 1.165) is 5.56 Å². The lowest BCUT2D eigenvalue weighted by atomic mass is 10.2. The van der Waals surface area contributed by atoms with Gasteiger partial charge in [0.25, 0.3) is 5.91 Å². The summed E-state index contributed by atoms with van der Waals surface area (Å²) in [4.78, 5) is 16.1. The Morgan fingerprint density at radius 3 is 2.65 bits per heavy atom. The summed E-state index contributed by atoms with van der Waals surface area (Å²) < 4.78 is 12.8. The van der Waals surface area contributed by atoms with E-state index in [2.05, 4.69) is 15.7 Å². The molecule has 0 aliphatic rings. The van der Waals surface area contributed by atoms with E-state index in [1.807, 2.05) is 0 Å². The Balaban J connectivity index is 2.04. The molecule has 1 aromatic heterocycles. The maximum Gasteiger partial charge on any atom is 0.251 e. The van der Waals surface area contributed by atoms with Crippen LogP contribution in [0.5, 0.6) is 0 Å². The summed E-state index contributed by atoms with van der Waals surface area (Å²) in [5, 5.41) is 2.76. The maximum atomic E-state index is 12.8. The van der Waals surface area contributed by atoms with Crippen molar-refractivity contribution in [3.63, 3.8) is 0 Å². The fraction of sp³-hybridized carbons (Fsp3) is 0.143. The zero-order valence-electron chi connectivity index (χ0n) is 11.0. The molecule has 0 aliphatic carbocycles. The maximum absolute atomic E-state index is 12.8. The molecule has 0 saturated heterocycles. The lowest BCUT2D eigenvalue weighted by molar-refractivity contribution is 0.0950. The number of hydrogen-bond acceptors (Lipinski definition) is 4. The van der Waals surface area contributed by atoms with E-state index >= 15 is 0 Å². The number of nitrogens with two attached hydrogens (primary N) is 1. The standard InChI is InChI=1S/C14H15FN4O/c1-9-6-11(7-13(18-9)19-16)14(20)17-8-10-2-4-12(15)5-3-10/h2-7H,8,16H2,1H3,(H,17,20)(H,18,19). The molecule has 4 N–H and O–H groups in total. The molecule has 6 heteroatoms. The van der Waals surface area contributed by atoms with Crippen LogP contribution >= 0.6 is 0 Å². The number of benzene rings is 1. The summed E-state index contributed by atoms with van der Waals surface area (Å²) in [5.41, 5.74) is 4.38. The van der Waals surface area contributed by atoms with E-state index < -0.39 is 0 Å². The van der Waals surface area contributed by atoms with Crippen molar-refractivity contribution in [3.8, 4) is 0 Å². The predicted octanol–water partition coefficient (Wildman–Crippen LogP) is 1.74. The number of hydrogen-bond donors (Lipinski definition) is 3. The van der Waals surface area contributed by atoms with Crippen LogP contribution in [0.25, 0.3) is 0 Å². The zero-order chi connectivity index (χ0) is 14.5. The van der Waals surface area contributed by atoms with Crippen LogP contribution in [0.15, 0.2) is 36.4 Å². The number of hydrazine groups is 1. The van der Waals surface area contributed by atoms with Gasteiger partial charge >= 0.3 is 0 Å². The average Bonchev–Trinajstić information content (AvgIpc) is 2.45. The fourth-order valence-electron chi connectivity index (χ4n) is 1.76. The highest BCUT2D eigenvalue weighted by atomic mass is 19.1. The number of nitrogens with one attached hydrogen (secondary N) is 2. The molecule has 20 heavy (non-hydrogen) atoms. The minimum absolute atomic E-state index is 0.240. The van der Waals surface area contributed by atoms with E-state index in [0.29, 0.717) is 23.6 Å². The van der Waals surface area contributed by atoms with Gasteiger partial charge < -0.3 is 10.7 Å². The molecular formula is C14H15FN4O. The van der Waals surface area contributed by atoms with Crippen molar-refractivity contribution in [1.29, 1.82) is 0 Å². The number of aryl methyl sites for hydroxylation is 1. The minimum atomic E-state index is -0.302. The van der Waals surface area contributed by atoms with Crippen molar-refractivity contribution < 1.29 is 9.18 Å². The third-order valence-corrected chi connectivity index (χ3v) is 2.73. The number of pyridine rings is 1. The number of amides is 1. The molecule has 0 atom stereocenters. The van der Waals surface area contributed by atoms with Gasteiger partial charge in [0.15, 0.2) is 0 Å². The number of anilines is 1. The first kappa shape index (κ1) is 14.0. The highest BCUT2D eigenvalue weighted by molar-refractivity contribution is 5.94. The van der Waals surface area contributed by atoms with Crippen LogP contribution in [0.3, 0.4) is 0 Å². The van der Waals surface area contributed by atoms with E-state index in [-0.39, 0.29) is 11.7 Å². The number of nitrogens with zero attached hydrogens (tertiary/aromatic N) is 1. The van der Waals surface area contributed by atoms with Crippen LogP contribution in [0, 0.1) is 12.7 Å². The fourth-order valence-corrected chi connectivity index (χ4v) is 1.76. The van der Waals surface area contributed by atoms with Gasteiger partial charge in [0, 0.05) is 17.8 Å². The Hall–Kier alpha value is -2.47. The molecule has 0 saturated carbocycles. The van der Waals surface area contributed by atoms with Gasteiger partial charge in [-0.05, 0) is 36.8 Å². The summed E-state index contributed by atoms with van der Waals surface area (Å²) in [6, 6.07) is 9.19. The first-order chi connectivity index (χ1) is 9.58. The summed E-state index contributed by atoms with van der Waals surface area (Å²) >= 11 is 0. The van der Waals surface area contributed by atoms with Crippen molar-refractivity contribution in [2.75, 3.05) is 5.43 Å². The molecule has 2 rings (SSSR count). The normalized spacial score (nSPS) is 10.2. The molecule has 0 unspecified atom stereocenters. The molecule has 0 bridgehead atoms. The van der Waals surface area contributed by atoms with Gasteiger partial charge in [0.1, 0.15) is 11.6 Å². The summed E-state index contributed by atoms with van der Waals surface area (Å²) in [7, 11) is 0. The molecule has 104 valence electrons. The van der Waals surface area contributed by atoms with Gasteiger partial charge in [-0.1, -0.05) is 12.1 Å². The van der Waals surface area contributed by atoms with Crippen LogP contribution in [0.2, 0.25) is 0 Å². The Labute approximate surface area is 116 Å². The van der Waals surface area contributed by atoms with E-state index in [4.69, 9.17) is 5.84 Å². The first-order valence-electron chi connectivity index (χ1n) is 6.06. The van der Waals surface area contributed by atoms with Gasteiger partial charge in [0.2, 0.25) is 0 Å². The monoisotopic (exact) mass is 274 g/mol. The van der Waals surface area contributed by atoms with Crippen molar-refractivity contribution in [2.45, 2.75) is 13.5 Å². The average molecular weight is 274 g/mol. The second-order valence-corrected chi connectivity index (χ2v) is 4.34. The van der Waals surface area contributed by atoms with Crippen molar-refractivity contribution in [3.05, 3.63) is 59.0 Å². The van der Waals surface area contributed by atoms with Gasteiger partial charge in [-0.25, -0.2) is 15.2 Å². The zero-order valence-corrected chi connectivity index (χ0v) is 11.0. The topological polar surface area (TPSA) is 80.0 Å². The number of carbonyl (C=O) groups is 1. The second-order valence-electron chi connectivity index (χ2n) is 4.34. The van der Waals surface area contributed by atoms with E-state index in [1.54, 1.807) is 31.2 Å². The Kier molecular flexibility index (Phi) is 4.27. The molecule has 0 fully saturated rings. The van der Waals surface area contributed by atoms with Crippen LogP contribution in [0.4, 0.5) is 10.2 Å². The molecule has 1 amide bonds. The quantitative estimate of drug-likeness (QED) is 0.586.